The molecule has 1 unspecified atom stereocenters. The van der Waals surface area contributed by atoms with E-state index in [1.807, 2.05) is 20.8 Å². The van der Waals surface area contributed by atoms with E-state index in [4.69, 9.17) is 16.3 Å². The molecule has 0 saturated carbocycles. The van der Waals surface area contributed by atoms with E-state index in [-0.39, 0.29) is 12.1 Å². The van der Waals surface area contributed by atoms with Crippen molar-refractivity contribution in [2.75, 3.05) is 6.54 Å². The molecule has 1 aromatic carbocycles. The fourth-order valence-corrected chi connectivity index (χ4v) is 2.68. The van der Waals surface area contributed by atoms with Gasteiger partial charge in [-0.05, 0) is 51.3 Å². The lowest BCUT2D eigenvalue weighted by atomic mass is 10.0. The van der Waals surface area contributed by atoms with Gasteiger partial charge in [0, 0.05) is 11.6 Å². The number of benzene rings is 1. The second-order valence-corrected chi connectivity index (χ2v) is 6.82. The number of carbonyl (C=O) groups is 1. The van der Waals surface area contributed by atoms with Gasteiger partial charge in [0.05, 0.1) is 12.1 Å². The van der Waals surface area contributed by atoms with E-state index in [0.29, 0.717) is 11.6 Å². The van der Waals surface area contributed by atoms with E-state index in [1.54, 1.807) is 29.2 Å². The molecule has 1 aliphatic rings. The van der Waals surface area contributed by atoms with Crippen LogP contribution < -0.4 is 0 Å². The number of hydrogen-bond donors (Lipinski definition) is 1. The number of hydrogen-bond acceptors (Lipinski definition) is 3. The van der Waals surface area contributed by atoms with Gasteiger partial charge in [0.2, 0.25) is 0 Å². The van der Waals surface area contributed by atoms with Crippen LogP contribution in [-0.4, -0.2) is 34.3 Å². The minimum absolute atomic E-state index is 0.249. The highest BCUT2D eigenvalue weighted by Gasteiger charge is 2.36. The molecular formula is C16H22ClNO3. The number of likely N-dealkylation sites (tertiary alicyclic amines) is 1. The summed E-state index contributed by atoms with van der Waals surface area (Å²) in [7, 11) is 0. The number of rotatable bonds is 2. The van der Waals surface area contributed by atoms with Crippen LogP contribution in [0.5, 0.6) is 0 Å². The van der Waals surface area contributed by atoms with Gasteiger partial charge in [-0.2, -0.15) is 0 Å². The van der Waals surface area contributed by atoms with Gasteiger partial charge in [-0.25, -0.2) is 4.79 Å². The molecule has 2 rings (SSSR count). The largest absolute Gasteiger partial charge is 0.444 e. The van der Waals surface area contributed by atoms with Crippen LogP contribution in [-0.2, 0) is 4.74 Å². The van der Waals surface area contributed by atoms with Crippen molar-refractivity contribution in [2.24, 2.45) is 0 Å². The lowest BCUT2D eigenvalue weighted by Crippen LogP contribution is -2.42. The SMILES string of the molecule is CC(C)(C)OC(=O)N1CCC[C@H]1C(O)c1ccc(Cl)cc1. The first-order chi connectivity index (χ1) is 9.78. The fourth-order valence-electron chi connectivity index (χ4n) is 2.55. The molecule has 1 amide bonds. The van der Waals surface area contributed by atoms with Crippen molar-refractivity contribution >= 4 is 17.7 Å². The molecule has 1 saturated heterocycles. The molecule has 0 spiro atoms. The van der Waals surface area contributed by atoms with Gasteiger partial charge in [0.15, 0.2) is 0 Å². The highest BCUT2D eigenvalue weighted by Crippen LogP contribution is 2.31. The summed E-state index contributed by atoms with van der Waals surface area (Å²) >= 11 is 5.86. The van der Waals surface area contributed by atoms with E-state index >= 15 is 0 Å². The zero-order valence-electron chi connectivity index (χ0n) is 12.7. The highest BCUT2D eigenvalue weighted by molar-refractivity contribution is 6.30. The smallest absolute Gasteiger partial charge is 0.410 e. The van der Waals surface area contributed by atoms with Crippen molar-refractivity contribution in [2.45, 2.75) is 51.4 Å². The molecule has 4 nitrogen and oxygen atoms in total. The first-order valence-electron chi connectivity index (χ1n) is 7.21. The van der Waals surface area contributed by atoms with E-state index in [9.17, 15) is 9.90 Å². The Labute approximate surface area is 130 Å². The van der Waals surface area contributed by atoms with Crippen LogP contribution in [0, 0.1) is 0 Å². The van der Waals surface area contributed by atoms with Crippen molar-refractivity contribution in [1.29, 1.82) is 0 Å². The predicted octanol–water partition coefficient (Wildman–Crippen LogP) is 3.77. The zero-order chi connectivity index (χ0) is 15.6. The zero-order valence-corrected chi connectivity index (χ0v) is 13.4. The first-order valence-corrected chi connectivity index (χ1v) is 7.59. The van der Waals surface area contributed by atoms with Gasteiger partial charge in [0.1, 0.15) is 5.60 Å². The second-order valence-electron chi connectivity index (χ2n) is 6.38. The molecule has 0 bridgehead atoms. The van der Waals surface area contributed by atoms with E-state index in [2.05, 4.69) is 0 Å². The third-order valence-electron chi connectivity index (χ3n) is 3.50. The summed E-state index contributed by atoms with van der Waals surface area (Å²) in [6.07, 6.45) is 0.549. The predicted molar refractivity (Wildman–Crippen MR) is 82.4 cm³/mol. The number of carbonyl (C=O) groups excluding carboxylic acids is 1. The normalized spacial score (nSPS) is 20.4. The van der Waals surface area contributed by atoms with Gasteiger partial charge < -0.3 is 14.7 Å². The Kier molecular flexibility index (Phi) is 4.79. The number of aliphatic hydroxyl groups excluding tert-OH is 1. The number of aliphatic hydroxyl groups is 1. The molecule has 1 heterocycles. The molecule has 5 heteroatoms. The minimum atomic E-state index is -0.725. The first kappa shape index (κ1) is 16.1. The van der Waals surface area contributed by atoms with Gasteiger partial charge in [0.25, 0.3) is 0 Å². The van der Waals surface area contributed by atoms with Crippen molar-refractivity contribution in [3.8, 4) is 0 Å². The second kappa shape index (κ2) is 6.24. The number of nitrogens with zero attached hydrogens (tertiary/aromatic N) is 1. The third-order valence-corrected chi connectivity index (χ3v) is 3.76. The molecular weight excluding hydrogens is 290 g/mol. The maximum absolute atomic E-state index is 12.2. The van der Waals surface area contributed by atoms with E-state index < -0.39 is 11.7 Å². The quantitative estimate of drug-likeness (QED) is 0.904. The summed E-state index contributed by atoms with van der Waals surface area (Å²) in [5.41, 5.74) is 0.231. The average Bonchev–Trinajstić information content (AvgIpc) is 2.86. The number of halogens is 1. The molecule has 0 radical (unpaired) electrons. The Hall–Kier alpha value is -1.26. The summed E-state index contributed by atoms with van der Waals surface area (Å²) in [6, 6.07) is 6.82. The molecule has 21 heavy (non-hydrogen) atoms. The van der Waals surface area contributed by atoms with E-state index in [1.165, 1.54) is 0 Å². The molecule has 1 fully saturated rings. The molecule has 1 aromatic rings. The highest BCUT2D eigenvalue weighted by atomic mass is 35.5. The maximum atomic E-state index is 12.2. The molecule has 0 aromatic heterocycles. The Bertz CT molecular complexity index is 495. The van der Waals surface area contributed by atoms with Crippen LogP contribution in [0.4, 0.5) is 4.79 Å². The summed E-state index contributed by atoms with van der Waals surface area (Å²) < 4.78 is 5.41. The Morgan fingerprint density at radius 2 is 2.00 bits per heavy atom. The standard InChI is InChI=1S/C16H22ClNO3/c1-16(2,3)21-15(20)18-10-4-5-13(18)14(19)11-6-8-12(17)9-7-11/h6-9,13-14,19H,4-5,10H2,1-3H3/t13-,14?/m0/s1. The monoisotopic (exact) mass is 311 g/mol. The summed E-state index contributed by atoms with van der Waals surface area (Å²) in [5.74, 6) is 0. The van der Waals surface area contributed by atoms with E-state index in [0.717, 1.165) is 18.4 Å². The van der Waals surface area contributed by atoms with Crippen LogP contribution in [0.15, 0.2) is 24.3 Å². The molecule has 2 atom stereocenters. The Morgan fingerprint density at radius 1 is 1.38 bits per heavy atom. The van der Waals surface area contributed by atoms with Crippen LogP contribution in [0.2, 0.25) is 5.02 Å². The fraction of sp³-hybridized carbons (Fsp3) is 0.562. The molecule has 116 valence electrons. The molecule has 0 aliphatic carbocycles. The van der Waals surface area contributed by atoms with Crippen LogP contribution in [0.3, 0.4) is 0 Å². The van der Waals surface area contributed by atoms with Crippen molar-refractivity contribution in [3.05, 3.63) is 34.9 Å². The maximum Gasteiger partial charge on any atom is 0.410 e. The number of amides is 1. The van der Waals surface area contributed by atoms with Gasteiger partial charge in [-0.3, -0.25) is 0 Å². The average molecular weight is 312 g/mol. The Morgan fingerprint density at radius 3 is 2.57 bits per heavy atom. The van der Waals surface area contributed by atoms with Gasteiger partial charge >= 0.3 is 6.09 Å². The molecule has 1 N–H and O–H groups in total. The third kappa shape index (κ3) is 4.11. The Balaban J connectivity index is 2.10. The van der Waals surface area contributed by atoms with Crippen molar-refractivity contribution in [3.63, 3.8) is 0 Å². The van der Waals surface area contributed by atoms with Gasteiger partial charge in [-0.15, -0.1) is 0 Å². The topological polar surface area (TPSA) is 49.8 Å². The van der Waals surface area contributed by atoms with Crippen LogP contribution in [0.1, 0.15) is 45.3 Å². The van der Waals surface area contributed by atoms with Crippen molar-refractivity contribution < 1.29 is 14.6 Å². The molecule has 1 aliphatic heterocycles. The van der Waals surface area contributed by atoms with Crippen LogP contribution >= 0.6 is 11.6 Å². The summed E-state index contributed by atoms with van der Waals surface area (Å²) in [4.78, 5) is 13.9. The lowest BCUT2D eigenvalue weighted by molar-refractivity contribution is 0.00490. The summed E-state index contributed by atoms with van der Waals surface area (Å²) in [5, 5.41) is 11.2. The number of ether oxygens (including phenoxy) is 1. The van der Waals surface area contributed by atoms with Gasteiger partial charge in [-0.1, -0.05) is 23.7 Å². The summed E-state index contributed by atoms with van der Waals surface area (Å²) in [6.45, 7) is 6.13. The minimum Gasteiger partial charge on any atom is -0.444 e. The lowest BCUT2D eigenvalue weighted by Gasteiger charge is -2.31. The van der Waals surface area contributed by atoms with Crippen molar-refractivity contribution in [1.82, 2.24) is 4.90 Å². The van der Waals surface area contributed by atoms with Crippen LogP contribution in [0.25, 0.3) is 0 Å².